The molecule has 2 unspecified atom stereocenters. The summed E-state index contributed by atoms with van der Waals surface area (Å²) in [5, 5.41) is 0. The van der Waals surface area contributed by atoms with E-state index in [-0.39, 0.29) is 25.6 Å². The third kappa shape index (κ3) is 68.6. The summed E-state index contributed by atoms with van der Waals surface area (Å²) in [5.74, 6) is -0.778. The van der Waals surface area contributed by atoms with Crippen molar-refractivity contribution in [3.63, 3.8) is 0 Å². The van der Waals surface area contributed by atoms with Crippen molar-refractivity contribution in [2.45, 2.75) is 341 Å². The van der Waals surface area contributed by atoms with Crippen LogP contribution in [0.15, 0.2) is 72.9 Å². The van der Waals surface area contributed by atoms with E-state index in [0.717, 1.165) is 70.6 Å². The number of allylic oxidation sites excluding steroid dienone is 12. The van der Waals surface area contributed by atoms with Crippen molar-refractivity contribution in [2.75, 3.05) is 47.5 Å². The first-order valence-corrected chi connectivity index (χ1v) is 37.2. The summed E-state index contributed by atoms with van der Waals surface area (Å²) in [5.41, 5.74) is 0. The molecular weight excluding hydrogens is 1060 g/mol. The van der Waals surface area contributed by atoms with Crippen LogP contribution >= 0.6 is 7.82 Å². The zero-order chi connectivity index (χ0) is 61.2. The van der Waals surface area contributed by atoms with Gasteiger partial charge in [-0.25, -0.2) is 4.57 Å². The highest BCUT2D eigenvalue weighted by atomic mass is 31.2. The van der Waals surface area contributed by atoms with Crippen molar-refractivity contribution in [1.29, 1.82) is 0 Å². The van der Waals surface area contributed by atoms with Gasteiger partial charge in [0.15, 0.2) is 6.10 Å². The van der Waals surface area contributed by atoms with E-state index in [1.54, 1.807) is 0 Å². The standard InChI is InChI=1S/C74H136NO8P/c1-6-8-10-12-14-16-18-20-22-24-26-27-28-29-30-31-32-33-34-35-36-37-38-39-40-41-42-43-44-45-46-47-49-51-53-55-57-59-61-63-65-67-74(77)83-72(71-82-84(78,79)81-69-68-75(3,4)5)70-80-73(76)66-64-62-60-58-56-54-52-50-48-25-23-21-19-17-15-13-11-9-7-2/h8,10,14,16,20,22,26-27,29-30,32-33,72H,6-7,9,11-13,15,17-19,21,23-25,28,31,34-71H2,1-5H3/p+1/b10-8-,16-14-,22-20-,27-26-,30-29-,33-32-. The third-order valence-electron chi connectivity index (χ3n) is 15.8. The molecule has 490 valence electrons. The van der Waals surface area contributed by atoms with Crippen LogP contribution in [0.5, 0.6) is 0 Å². The number of carbonyl (C=O) groups is 2. The first kappa shape index (κ1) is 81.5. The zero-order valence-corrected chi connectivity index (χ0v) is 56.8. The summed E-state index contributed by atoms with van der Waals surface area (Å²) in [4.78, 5) is 35.8. The number of likely N-dealkylation sites (N-methyl/N-ethyl adjacent to an activating group) is 1. The van der Waals surface area contributed by atoms with Crippen LogP contribution in [-0.2, 0) is 32.7 Å². The van der Waals surface area contributed by atoms with Gasteiger partial charge in [-0.05, 0) is 64.2 Å². The number of esters is 2. The highest BCUT2D eigenvalue weighted by Gasteiger charge is 2.27. The summed E-state index contributed by atoms with van der Waals surface area (Å²) >= 11 is 0. The molecule has 0 aliphatic carbocycles. The van der Waals surface area contributed by atoms with Gasteiger partial charge in [-0.1, -0.05) is 331 Å². The minimum absolute atomic E-state index is 0.0339. The Labute approximate surface area is 520 Å². The molecule has 0 aliphatic heterocycles. The normalized spacial score (nSPS) is 13.5. The molecule has 9 nitrogen and oxygen atoms in total. The fourth-order valence-corrected chi connectivity index (χ4v) is 11.1. The van der Waals surface area contributed by atoms with Gasteiger partial charge in [0.25, 0.3) is 0 Å². The van der Waals surface area contributed by atoms with Gasteiger partial charge < -0.3 is 18.9 Å². The predicted molar refractivity (Wildman–Crippen MR) is 363 cm³/mol. The number of carbonyl (C=O) groups excluding carboxylic acids is 2. The average molecular weight is 1200 g/mol. The fraction of sp³-hybridized carbons (Fsp3) is 0.811. The van der Waals surface area contributed by atoms with Gasteiger partial charge in [-0.3, -0.25) is 18.6 Å². The lowest BCUT2D eigenvalue weighted by Gasteiger charge is -2.24. The lowest BCUT2D eigenvalue weighted by Crippen LogP contribution is -2.37. The molecule has 0 radical (unpaired) electrons. The van der Waals surface area contributed by atoms with E-state index < -0.39 is 26.5 Å². The highest BCUT2D eigenvalue weighted by molar-refractivity contribution is 7.47. The maximum Gasteiger partial charge on any atom is 0.472 e. The van der Waals surface area contributed by atoms with Crippen molar-refractivity contribution in [3.05, 3.63) is 72.9 Å². The van der Waals surface area contributed by atoms with Crippen LogP contribution < -0.4 is 0 Å². The van der Waals surface area contributed by atoms with Gasteiger partial charge >= 0.3 is 19.8 Å². The third-order valence-corrected chi connectivity index (χ3v) is 16.7. The molecule has 0 bridgehead atoms. The summed E-state index contributed by atoms with van der Waals surface area (Å²) < 4.78 is 34.7. The van der Waals surface area contributed by atoms with Crippen LogP contribution in [0.1, 0.15) is 335 Å². The Morgan fingerprint density at radius 3 is 1.01 bits per heavy atom. The molecule has 0 aromatic carbocycles. The fourth-order valence-electron chi connectivity index (χ4n) is 10.3. The first-order chi connectivity index (χ1) is 41.0. The van der Waals surface area contributed by atoms with Crippen molar-refractivity contribution in [1.82, 2.24) is 0 Å². The van der Waals surface area contributed by atoms with Crippen molar-refractivity contribution in [2.24, 2.45) is 0 Å². The summed E-state index contributed by atoms with van der Waals surface area (Å²) in [6.45, 7) is 4.38. The van der Waals surface area contributed by atoms with Crippen molar-refractivity contribution < 1.29 is 42.1 Å². The second-order valence-electron chi connectivity index (χ2n) is 25.3. The van der Waals surface area contributed by atoms with Gasteiger partial charge in [0.1, 0.15) is 19.8 Å². The van der Waals surface area contributed by atoms with Crippen molar-refractivity contribution >= 4 is 19.8 Å². The molecule has 0 amide bonds. The Morgan fingerprint density at radius 2 is 0.679 bits per heavy atom. The van der Waals surface area contributed by atoms with E-state index in [2.05, 4.69) is 86.8 Å². The molecule has 10 heteroatoms. The van der Waals surface area contributed by atoms with Crippen molar-refractivity contribution in [3.8, 4) is 0 Å². The Bertz CT molecular complexity index is 1650. The molecule has 0 heterocycles. The number of rotatable bonds is 66. The Balaban J connectivity index is 3.92. The number of nitrogens with zero attached hydrogens (tertiary/aromatic N) is 1. The molecule has 0 aliphatic rings. The molecule has 0 fully saturated rings. The van der Waals surface area contributed by atoms with Gasteiger partial charge in [0.2, 0.25) is 0 Å². The number of hydrogen-bond donors (Lipinski definition) is 1. The Kier molecular flexibility index (Phi) is 62.9. The van der Waals surface area contributed by atoms with Crippen LogP contribution in [0.2, 0.25) is 0 Å². The summed E-state index contributed by atoms with van der Waals surface area (Å²) in [6.07, 6.45) is 87.3. The van der Waals surface area contributed by atoms with E-state index in [0.29, 0.717) is 23.9 Å². The maximum atomic E-state index is 12.9. The zero-order valence-electron chi connectivity index (χ0n) is 55.9. The largest absolute Gasteiger partial charge is 0.472 e. The average Bonchev–Trinajstić information content (AvgIpc) is 3.61. The number of unbranched alkanes of at least 4 members (excludes halogenated alkanes) is 40. The lowest BCUT2D eigenvalue weighted by atomic mass is 10.0. The van der Waals surface area contributed by atoms with Gasteiger partial charge in [0.05, 0.1) is 27.7 Å². The molecule has 0 rings (SSSR count). The van der Waals surface area contributed by atoms with Crippen LogP contribution in [-0.4, -0.2) is 74.9 Å². The Morgan fingerprint density at radius 1 is 0.381 bits per heavy atom. The number of quaternary nitrogens is 1. The monoisotopic (exact) mass is 1200 g/mol. The topological polar surface area (TPSA) is 108 Å². The van der Waals surface area contributed by atoms with Gasteiger partial charge in [-0.2, -0.15) is 0 Å². The van der Waals surface area contributed by atoms with Crippen LogP contribution in [0, 0.1) is 0 Å². The summed E-state index contributed by atoms with van der Waals surface area (Å²) in [6, 6.07) is 0. The van der Waals surface area contributed by atoms with Crippen LogP contribution in [0.25, 0.3) is 0 Å². The Hall–Kier alpha value is -2.55. The molecule has 0 aromatic rings. The quantitative estimate of drug-likeness (QED) is 0.0211. The van der Waals surface area contributed by atoms with E-state index in [9.17, 15) is 19.0 Å². The molecule has 1 N–H and O–H groups in total. The minimum atomic E-state index is -4.39. The number of ether oxygens (including phenoxy) is 2. The van der Waals surface area contributed by atoms with E-state index in [1.807, 2.05) is 21.1 Å². The minimum Gasteiger partial charge on any atom is -0.462 e. The summed E-state index contributed by atoms with van der Waals surface area (Å²) in [7, 11) is 1.49. The van der Waals surface area contributed by atoms with Gasteiger partial charge in [0, 0.05) is 12.8 Å². The molecule has 0 saturated carbocycles. The number of hydrogen-bond acceptors (Lipinski definition) is 7. The first-order valence-electron chi connectivity index (χ1n) is 35.7. The molecule has 2 atom stereocenters. The molecule has 84 heavy (non-hydrogen) atoms. The second-order valence-corrected chi connectivity index (χ2v) is 26.7. The SMILES string of the molecule is CC/C=C\C/C=C\C/C=C\C/C=C\C/C=C\C/C=C\CCCCCCCCCCCCCCCCCCCCCCCCC(=O)OC(COC(=O)CCCCCCCCCCCCCCCCCCCCC)COP(=O)(O)OCC[N+](C)(C)C. The highest BCUT2D eigenvalue weighted by Crippen LogP contribution is 2.43. The van der Waals surface area contributed by atoms with Crippen LogP contribution in [0.3, 0.4) is 0 Å². The van der Waals surface area contributed by atoms with E-state index >= 15 is 0 Å². The molecule has 0 saturated heterocycles. The van der Waals surface area contributed by atoms with Gasteiger partial charge in [-0.15, -0.1) is 0 Å². The smallest absolute Gasteiger partial charge is 0.462 e. The molecular formula is C74H137NO8P+. The van der Waals surface area contributed by atoms with Crippen LogP contribution in [0.4, 0.5) is 0 Å². The van der Waals surface area contributed by atoms with E-state index in [4.69, 9.17) is 18.5 Å². The lowest BCUT2D eigenvalue weighted by molar-refractivity contribution is -0.870. The second kappa shape index (κ2) is 64.9. The molecule has 0 aromatic heterocycles. The number of phosphoric acid groups is 1. The van der Waals surface area contributed by atoms with E-state index in [1.165, 1.54) is 231 Å². The molecule has 0 spiro atoms. The predicted octanol–water partition coefficient (Wildman–Crippen LogP) is 23.2. The number of phosphoric ester groups is 1. The maximum absolute atomic E-state index is 12.9.